The van der Waals surface area contributed by atoms with Crippen molar-refractivity contribution >= 4 is 59.3 Å². The maximum absolute atomic E-state index is 12.1. The molecule has 3 amide bonds. The van der Waals surface area contributed by atoms with Crippen LogP contribution in [0.1, 0.15) is 62.4 Å². The number of rotatable bonds is 17. The van der Waals surface area contributed by atoms with Gasteiger partial charge in [0.1, 0.15) is 11.3 Å². The number of nitrogen functional groups attached to an aromatic ring is 1. The first-order chi connectivity index (χ1) is 24.3. The number of phenols is 1. The Morgan fingerprint density at radius 3 is 2.53 bits per heavy atom. The van der Waals surface area contributed by atoms with Gasteiger partial charge in [-0.05, 0) is 30.5 Å². The molecule has 2 aromatic carbocycles. The standard InChI is InChI=1S/C33H39N6O11P/c1-2-3-7-25-37-30-31(38(25)19-21-5-4-6-24(32(21)44)50-51(45,46)47)22-9-8-20(18-23(22)36-33(30)34)14-16-48-17-15-35-26(40)10-13-29(43)49-39-27(41)11-12-28(39)42/h4-6,8-9,18,44H,2-3,7,10-17,19H2,1H3,(H2,34,36)(H,35,40)(H2,45,46,47). The molecule has 0 radical (unpaired) electrons. The molecule has 6 N–H and O–H groups in total. The predicted molar refractivity (Wildman–Crippen MR) is 182 cm³/mol. The number of hydrogen-bond acceptors (Lipinski definition) is 12. The van der Waals surface area contributed by atoms with Gasteiger partial charge in [-0.3, -0.25) is 24.2 Å². The van der Waals surface area contributed by atoms with Crippen LogP contribution in [0, 0.1) is 0 Å². The van der Waals surface area contributed by atoms with Gasteiger partial charge in [0.25, 0.3) is 11.8 Å². The van der Waals surface area contributed by atoms with Crippen LogP contribution < -0.4 is 15.6 Å². The van der Waals surface area contributed by atoms with Gasteiger partial charge in [-0.2, -0.15) is 0 Å². The number of phosphoric acid groups is 1. The van der Waals surface area contributed by atoms with Crippen molar-refractivity contribution in [3.05, 3.63) is 53.3 Å². The van der Waals surface area contributed by atoms with Crippen molar-refractivity contribution in [2.75, 3.05) is 25.5 Å². The van der Waals surface area contributed by atoms with Crippen molar-refractivity contribution in [2.45, 2.75) is 64.8 Å². The second kappa shape index (κ2) is 16.3. The smallest absolute Gasteiger partial charge is 0.504 e. The van der Waals surface area contributed by atoms with Crippen LogP contribution in [0.4, 0.5) is 5.82 Å². The number of amides is 3. The predicted octanol–water partition coefficient (Wildman–Crippen LogP) is 2.80. The van der Waals surface area contributed by atoms with Gasteiger partial charge in [0.05, 0.1) is 37.2 Å². The Bertz CT molecular complexity index is 1990. The number of nitrogens with one attached hydrogen (secondary N) is 1. The van der Waals surface area contributed by atoms with E-state index in [0.29, 0.717) is 52.4 Å². The maximum atomic E-state index is 12.1. The molecule has 5 rings (SSSR count). The molecule has 0 unspecified atom stereocenters. The third-order valence-corrected chi connectivity index (χ3v) is 8.52. The molecule has 51 heavy (non-hydrogen) atoms. The molecule has 4 aromatic rings. The second-order valence-corrected chi connectivity index (χ2v) is 13.0. The number of unbranched alkanes of at least 4 members (excludes halogenated alkanes) is 1. The number of carbonyl (C=O) groups is 4. The van der Waals surface area contributed by atoms with Gasteiger partial charge in [0.15, 0.2) is 17.3 Å². The SMILES string of the molecule is CCCCc1nc2c(N)nc3cc(CCOCCNC(=O)CCC(=O)ON4C(=O)CCC4=O)ccc3c2n1Cc1cccc(OP(=O)(O)O)c1O. The summed E-state index contributed by atoms with van der Waals surface area (Å²) in [5, 5.41) is 14.7. The number of hydroxylamine groups is 2. The van der Waals surface area contributed by atoms with Crippen LogP contribution in [0.25, 0.3) is 21.9 Å². The van der Waals surface area contributed by atoms with Crippen LogP contribution >= 0.6 is 7.82 Å². The minimum Gasteiger partial charge on any atom is -0.504 e. The lowest BCUT2D eigenvalue weighted by Gasteiger charge is -2.15. The number of ether oxygens (including phenoxy) is 1. The Labute approximate surface area is 291 Å². The molecule has 3 heterocycles. The molecule has 2 aromatic heterocycles. The topological polar surface area (TPSA) is 246 Å². The average Bonchev–Trinajstić information content (AvgIpc) is 3.60. The fourth-order valence-corrected chi connectivity index (χ4v) is 5.99. The second-order valence-electron chi connectivity index (χ2n) is 11.9. The van der Waals surface area contributed by atoms with E-state index >= 15 is 0 Å². The first-order valence-corrected chi connectivity index (χ1v) is 17.9. The van der Waals surface area contributed by atoms with E-state index in [9.17, 15) is 38.6 Å². The molecule has 1 aliphatic heterocycles. The molecule has 18 heteroatoms. The molecule has 0 atom stereocenters. The third kappa shape index (κ3) is 9.38. The number of aromatic hydroxyl groups is 1. The van der Waals surface area contributed by atoms with Crippen LogP contribution in [0.5, 0.6) is 11.5 Å². The number of imide groups is 1. The molecule has 0 spiro atoms. The molecule has 0 bridgehead atoms. The summed E-state index contributed by atoms with van der Waals surface area (Å²) < 4.78 is 23.7. The van der Waals surface area contributed by atoms with E-state index in [1.165, 1.54) is 12.1 Å². The number of carbonyl (C=O) groups excluding carboxylic acids is 4. The van der Waals surface area contributed by atoms with Gasteiger partial charge >= 0.3 is 13.8 Å². The van der Waals surface area contributed by atoms with Crippen LogP contribution in [0.3, 0.4) is 0 Å². The van der Waals surface area contributed by atoms with Gasteiger partial charge in [0, 0.05) is 43.2 Å². The van der Waals surface area contributed by atoms with Gasteiger partial charge in [-0.25, -0.2) is 19.3 Å². The zero-order valence-electron chi connectivity index (χ0n) is 27.9. The van der Waals surface area contributed by atoms with E-state index in [2.05, 4.69) is 21.7 Å². The van der Waals surface area contributed by atoms with Crippen molar-refractivity contribution in [3.8, 4) is 11.5 Å². The van der Waals surface area contributed by atoms with Crippen molar-refractivity contribution in [1.29, 1.82) is 0 Å². The quantitative estimate of drug-likeness (QED) is 0.0597. The van der Waals surface area contributed by atoms with Crippen LogP contribution in [-0.2, 0) is 52.7 Å². The van der Waals surface area contributed by atoms with E-state index < -0.39 is 37.3 Å². The number of nitrogens with zero attached hydrogens (tertiary/aromatic N) is 4. The molecule has 1 aliphatic rings. The zero-order chi connectivity index (χ0) is 36.7. The fourth-order valence-electron chi connectivity index (χ4n) is 5.59. The molecular weight excluding hydrogens is 687 g/mol. The summed E-state index contributed by atoms with van der Waals surface area (Å²) in [5.74, 6) is -2.22. The van der Waals surface area contributed by atoms with Crippen molar-refractivity contribution < 1.29 is 52.7 Å². The Morgan fingerprint density at radius 2 is 1.80 bits per heavy atom. The highest BCUT2D eigenvalue weighted by Gasteiger charge is 2.32. The maximum Gasteiger partial charge on any atom is 0.524 e. The number of para-hydroxylation sites is 1. The summed E-state index contributed by atoms with van der Waals surface area (Å²) in [6.45, 7) is 2.95. The molecule has 272 valence electrons. The fraction of sp³-hybridized carbons (Fsp3) is 0.394. The Kier molecular flexibility index (Phi) is 11.9. The van der Waals surface area contributed by atoms with Crippen molar-refractivity contribution in [1.82, 2.24) is 24.9 Å². The van der Waals surface area contributed by atoms with E-state index in [1.54, 1.807) is 6.07 Å². The third-order valence-electron chi connectivity index (χ3n) is 8.09. The number of pyridine rings is 1. The first-order valence-electron chi connectivity index (χ1n) is 16.4. The Morgan fingerprint density at radius 1 is 1.04 bits per heavy atom. The highest BCUT2D eigenvalue weighted by Crippen LogP contribution is 2.43. The minimum atomic E-state index is -4.90. The van der Waals surface area contributed by atoms with Gasteiger partial charge in [-0.1, -0.05) is 37.6 Å². The number of hydrogen-bond donors (Lipinski definition) is 5. The molecular formula is C33H39N6O11P. The molecule has 0 saturated carbocycles. The minimum absolute atomic E-state index is 0.0107. The molecule has 0 aliphatic carbocycles. The van der Waals surface area contributed by atoms with Gasteiger partial charge in [-0.15, -0.1) is 5.06 Å². The van der Waals surface area contributed by atoms with E-state index in [-0.39, 0.29) is 56.9 Å². The monoisotopic (exact) mass is 726 g/mol. The zero-order valence-corrected chi connectivity index (χ0v) is 28.8. The number of phenolic OH excluding ortho intramolecular Hbond substituents is 1. The highest BCUT2D eigenvalue weighted by atomic mass is 31.2. The van der Waals surface area contributed by atoms with E-state index in [4.69, 9.17) is 20.3 Å². The first kappa shape index (κ1) is 37.2. The number of phosphoric ester groups is 1. The summed E-state index contributed by atoms with van der Waals surface area (Å²) in [5.41, 5.74) is 9.51. The van der Waals surface area contributed by atoms with Crippen LogP contribution in [0.2, 0.25) is 0 Å². The number of imidazole rings is 1. The number of anilines is 1. The number of nitrogens with two attached hydrogens (primary N) is 1. The Balaban J connectivity index is 1.20. The Hall–Kier alpha value is -5.09. The van der Waals surface area contributed by atoms with E-state index in [1.807, 2.05) is 22.8 Å². The number of benzene rings is 2. The lowest BCUT2D eigenvalue weighted by atomic mass is 10.1. The summed E-state index contributed by atoms with van der Waals surface area (Å²) >= 11 is 0. The number of aryl methyl sites for hydroxylation is 1. The van der Waals surface area contributed by atoms with Gasteiger partial charge < -0.3 is 34.8 Å². The number of aromatic nitrogens is 3. The summed E-state index contributed by atoms with van der Waals surface area (Å²) in [7, 11) is -4.90. The normalized spacial score (nSPS) is 13.4. The molecule has 1 saturated heterocycles. The van der Waals surface area contributed by atoms with Crippen molar-refractivity contribution in [2.24, 2.45) is 0 Å². The lowest BCUT2D eigenvalue weighted by molar-refractivity contribution is -0.197. The summed E-state index contributed by atoms with van der Waals surface area (Å²) in [6, 6.07) is 10.2. The number of fused-ring (bicyclic) bond motifs is 3. The average molecular weight is 727 g/mol. The van der Waals surface area contributed by atoms with Crippen molar-refractivity contribution in [3.63, 3.8) is 0 Å². The highest BCUT2D eigenvalue weighted by molar-refractivity contribution is 7.46. The lowest BCUT2D eigenvalue weighted by Crippen LogP contribution is -2.33. The summed E-state index contributed by atoms with van der Waals surface area (Å²) in [4.78, 5) is 79.8. The van der Waals surface area contributed by atoms with Gasteiger partial charge in [0.2, 0.25) is 5.91 Å². The molecule has 17 nitrogen and oxygen atoms in total. The van der Waals surface area contributed by atoms with Crippen LogP contribution in [0.15, 0.2) is 36.4 Å². The summed E-state index contributed by atoms with van der Waals surface area (Å²) in [6.07, 6.45) is 2.42. The van der Waals surface area contributed by atoms with E-state index in [0.717, 1.165) is 23.8 Å². The largest absolute Gasteiger partial charge is 0.524 e. The van der Waals surface area contributed by atoms with Crippen LogP contribution in [-0.4, -0.2) is 77.9 Å². The molecule has 1 fully saturated rings.